The first-order chi connectivity index (χ1) is 11.1. The first kappa shape index (κ1) is 18.7. The molecule has 8 heteroatoms. The van der Waals surface area contributed by atoms with Crippen molar-refractivity contribution in [2.75, 3.05) is 37.7 Å². The van der Waals surface area contributed by atoms with Crippen molar-refractivity contribution >= 4 is 29.3 Å². The van der Waals surface area contributed by atoms with Gasteiger partial charge < -0.3 is 25.2 Å². The molecule has 0 radical (unpaired) electrons. The van der Waals surface area contributed by atoms with E-state index in [1.54, 1.807) is 0 Å². The third kappa shape index (κ3) is 4.24. The molecule has 1 saturated heterocycles. The van der Waals surface area contributed by atoms with Gasteiger partial charge in [0.05, 0.1) is 17.0 Å². The van der Waals surface area contributed by atoms with Crippen LogP contribution in [0.15, 0.2) is 24.3 Å². The predicted molar refractivity (Wildman–Crippen MR) is 95.1 cm³/mol. The Bertz CT molecular complexity index is 665. The zero-order valence-electron chi connectivity index (χ0n) is 13.6. The number of nitrogens with one attached hydrogen (secondary N) is 1. The molecule has 1 aliphatic rings. The summed E-state index contributed by atoms with van der Waals surface area (Å²) in [5.74, 6) is 1.07. The molecule has 2 heterocycles. The van der Waals surface area contributed by atoms with Crippen LogP contribution < -0.4 is 15.0 Å². The Hall–Kier alpha value is -1.67. The summed E-state index contributed by atoms with van der Waals surface area (Å²) in [7, 11) is 0. The molecule has 3 rings (SSSR count). The Kier molecular flexibility index (Phi) is 6.56. The number of aliphatic hydroxyl groups excluding tert-OH is 2. The third-order valence-corrected chi connectivity index (χ3v) is 3.90. The van der Waals surface area contributed by atoms with Crippen LogP contribution in [0.2, 0.25) is 0 Å². The first-order valence-electron chi connectivity index (χ1n) is 7.86. The number of hydrogen-bond donors (Lipinski definition) is 3. The predicted octanol–water partition coefficient (Wildman–Crippen LogP) is 0.582. The molecule has 2 aromatic rings. The summed E-state index contributed by atoms with van der Waals surface area (Å²) < 4.78 is 5.67. The summed E-state index contributed by atoms with van der Waals surface area (Å²) >= 11 is 0. The Balaban J connectivity index is 0.00000208. The second-order valence-corrected chi connectivity index (χ2v) is 5.70. The van der Waals surface area contributed by atoms with E-state index in [1.165, 1.54) is 6.92 Å². The minimum Gasteiger partial charge on any atom is -0.474 e. The van der Waals surface area contributed by atoms with Crippen LogP contribution >= 0.6 is 12.4 Å². The molecule has 3 N–H and O–H groups in total. The summed E-state index contributed by atoms with van der Waals surface area (Å²) in [5.41, 5.74) is 0.803. The summed E-state index contributed by atoms with van der Waals surface area (Å²) in [5, 5.41) is 23.2. The number of ether oxygens (including phenoxy) is 1. The molecule has 2 unspecified atom stereocenters. The molecule has 1 aromatic heterocycles. The van der Waals surface area contributed by atoms with Crippen molar-refractivity contribution in [3.05, 3.63) is 24.3 Å². The standard InChI is InChI=1S/C16H22N4O3.ClH/c1-11(21)14(22)10-23-15-12-4-2-3-5-13(12)18-16(19-15)20-8-6-17-7-9-20;/h2-5,11,14,17,21-22H,6-10H2,1H3;1H. The number of anilines is 1. The number of nitrogens with zero attached hydrogens (tertiary/aromatic N) is 3. The van der Waals surface area contributed by atoms with Crippen LogP contribution in [-0.2, 0) is 0 Å². The number of fused-ring (bicyclic) bond motifs is 1. The molecule has 7 nitrogen and oxygen atoms in total. The number of aliphatic hydroxyl groups is 2. The quantitative estimate of drug-likeness (QED) is 0.723. The Morgan fingerprint density at radius 1 is 1.21 bits per heavy atom. The van der Waals surface area contributed by atoms with Crippen LogP contribution in [0.1, 0.15) is 6.92 Å². The SMILES string of the molecule is CC(O)C(O)COc1nc(N2CCNCC2)nc2ccccc12.Cl. The zero-order valence-corrected chi connectivity index (χ0v) is 14.4. The second-order valence-electron chi connectivity index (χ2n) is 5.70. The number of rotatable bonds is 5. The van der Waals surface area contributed by atoms with E-state index in [1.807, 2.05) is 24.3 Å². The summed E-state index contributed by atoms with van der Waals surface area (Å²) in [6, 6.07) is 7.63. The van der Waals surface area contributed by atoms with E-state index >= 15 is 0 Å². The topological polar surface area (TPSA) is 90.7 Å². The van der Waals surface area contributed by atoms with Crippen molar-refractivity contribution in [1.82, 2.24) is 15.3 Å². The normalized spacial score (nSPS) is 17.2. The molecule has 24 heavy (non-hydrogen) atoms. The Morgan fingerprint density at radius 2 is 1.92 bits per heavy atom. The summed E-state index contributed by atoms with van der Waals surface area (Å²) in [4.78, 5) is 11.3. The monoisotopic (exact) mass is 354 g/mol. The lowest BCUT2D eigenvalue weighted by atomic mass is 10.2. The van der Waals surface area contributed by atoms with Crippen LogP contribution in [0.3, 0.4) is 0 Å². The van der Waals surface area contributed by atoms with Crippen molar-refractivity contribution < 1.29 is 14.9 Å². The number of halogens is 1. The van der Waals surface area contributed by atoms with E-state index in [0.29, 0.717) is 11.8 Å². The molecule has 2 atom stereocenters. The van der Waals surface area contributed by atoms with Crippen molar-refractivity contribution in [3.63, 3.8) is 0 Å². The Labute approximate surface area is 147 Å². The van der Waals surface area contributed by atoms with Gasteiger partial charge in [-0.2, -0.15) is 4.98 Å². The molecule has 0 saturated carbocycles. The van der Waals surface area contributed by atoms with Crippen molar-refractivity contribution in [2.24, 2.45) is 0 Å². The van der Waals surface area contributed by atoms with Gasteiger partial charge >= 0.3 is 0 Å². The number of aromatic nitrogens is 2. The molecule has 132 valence electrons. The van der Waals surface area contributed by atoms with Gasteiger partial charge in [0.2, 0.25) is 11.8 Å². The molecule has 1 aromatic carbocycles. The van der Waals surface area contributed by atoms with Crippen LogP contribution in [-0.4, -0.2) is 65.2 Å². The molecule has 1 aliphatic heterocycles. The first-order valence-corrected chi connectivity index (χ1v) is 7.86. The smallest absolute Gasteiger partial charge is 0.229 e. The maximum absolute atomic E-state index is 9.74. The molecular weight excluding hydrogens is 332 g/mol. The minimum atomic E-state index is -0.952. The zero-order chi connectivity index (χ0) is 16.2. The van der Waals surface area contributed by atoms with E-state index in [2.05, 4.69) is 20.2 Å². The number of piperazine rings is 1. The van der Waals surface area contributed by atoms with Gasteiger partial charge in [0.15, 0.2) is 0 Å². The highest BCUT2D eigenvalue weighted by molar-refractivity contribution is 5.85. The van der Waals surface area contributed by atoms with E-state index in [9.17, 15) is 10.2 Å². The van der Waals surface area contributed by atoms with Crippen molar-refractivity contribution in [3.8, 4) is 5.88 Å². The lowest BCUT2D eigenvalue weighted by Crippen LogP contribution is -2.44. The van der Waals surface area contributed by atoms with Crippen LogP contribution in [0, 0.1) is 0 Å². The van der Waals surface area contributed by atoms with Gasteiger partial charge in [-0.25, -0.2) is 4.98 Å². The number of hydrogen-bond acceptors (Lipinski definition) is 7. The van der Waals surface area contributed by atoms with Crippen LogP contribution in [0.4, 0.5) is 5.95 Å². The molecule has 1 fully saturated rings. The van der Waals surface area contributed by atoms with Gasteiger partial charge in [0, 0.05) is 26.2 Å². The molecule has 0 aliphatic carbocycles. The fraction of sp³-hybridized carbons (Fsp3) is 0.500. The van der Waals surface area contributed by atoms with Gasteiger partial charge in [0.1, 0.15) is 12.7 Å². The van der Waals surface area contributed by atoms with E-state index in [-0.39, 0.29) is 19.0 Å². The van der Waals surface area contributed by atoms with Crippen LogP contribution in [0.25, 0.3) is 10.9 Å². The highest BCUT2D eigenvalue weighted by atomic mass is 35.5. The molecule has 0 amide bonds. The largest absolute Gasteiger partial charge is 0.474 e. The van der Waals surface area contributed by atoms with Gasteiger partial charge in [-0.05, 0) is 19.1 Å². The van der Waals surface area contributed by atoms with Gasteiger partial charge in [0.25, 0.3) is 0 Å². The lowest BCUT2D eigenvalue weighted by molar-refractivity contribution is 0.00167. The van der Waals surface area contributed by atoms with Crippen molar-refractivity contribution in [1.29, 1.82) is 0 Å². The van der Waals surface area contributed by atoms with Crippen molar-refractivity contribution in [2.45, 2.75) is 19.1 Å². The van der Waals surface area contributed by atoms with Gasteiger partial charge in [-0.1, -0.05) is 12.1 Å². The van der Waals surface area contributed by atoms with Crippen LogP contribution in [0.5, 0.6) is 5.88 Å². The fourth-order valence-corrected chi connectivity index (χ4v) is 2.46. The third-order valence-electron chi connectivity index (χ3n) is 3.90. The number of benzene rings is 1. The fourth-order valence-electron chi connectivity index (χ4n) is 2.46. The average Bonchev–Trinajstić information content (AvgIpc) is 2.59. The molecular formula is C16H23ClN4O3. The Morgan fingerprint density at radius 3 is 2.62 bits per heavy atom. The highest BCUT2D eigenvalue weighted by Crippen LogP contribution is 2.25. The highest BCUT2D eigenvalue weighted by Gasteiger charge is 2.18. The molecule has 0 bridgehead atoms. The maximum Gasteiger partial charge on any atom is 0.229 e. The molecule has 0 spiro atoms. The summed E-state index contributed by atoms with van der Waals surface area (Å²) in [6.07, 6.45) is -1.80. The van der Waals surface area contributed by atoms with E-state index in [0.717, 1.165) is 37.1 Å². The summed E-state index contributed by atoms with van der Waals surface area (Å²) in [6.45, 7) is 4.99. The van der Waals surface area contributed by atoms with E-state index < -0.39 is 12.2 Å². The van der Waals surface area contributed by atoms with E-state index in [4.69, 9.17) is 4.74 Å². The second kappa shape index (κ2) is 8.43. The van der Waals surface area contributed by atoms with Gasteiger partial charge in [-0.3, -0.25) is 0 Å². The average molecular weight is 355 g/mol. The number of para-hydroxylation sites is 1. The van der Waals surface area contributed by atoms with Gasteiger partial charge in [-0.15, -0.1) is 12.4 Å². The minimum absolute atomic E-state index is 0. The lowest BCUT2D eigenvalue weighted by Gasteiger charge is -2.27. The maximum atomic E-state index is 9.74.